The lowest BCUT2D eigenvalue weighted by Gasteiger charge is -2.13. The van der Waals surface area contributed by atoms with Crippen LogP contribution < -0.4 is 5.32 Å². The number of ether oxygens (including phenoxy) is 1. The van der Waals surface area contributed by atoms with E-state index in [1.54, 1.807) is 6.20 Å². The third-order valence-corrected chi connectivity index (χ3v) is 2.40. The van der Waals surface area contributed by atoms with Crippen LogP contribution in [0.15, 0.2) is 12.4 Å². The Morgan fingerprint density at radius 1 is 1.56 bits per heavy atom. The Morgan fingerprint density at radius 3 is 3.00 bits per heavy atom. The highest BCUT2D eigenvalue weighted by Crippen LogP contribution is 2.07. The minimum Gasteiger partial charge on any atom is -0.394 e. The SMILES string of the molecule is CC(NCCCOCCO)c1nccn1C. The molecule has 5 heteroatoms. The fourth-order valence-corrected chi connectivity index (χ4v) is 1.55. The van der Waals surface area contributed by atoms with Gasteiger partial charge >= 0.3 is 0 Å². The lowest BCUT2D eigenvalue weighted by atomic mass is 10.3. The summed E-state index contributed by atoms with van der Waals surface area (Å²) in [5.41, 5.74) is 0. The monoisotopic (exact) mass is 227 g/mol. The van der Waals surface area contributed by atoms with E-state index in [0.717, 1.165) is 18.8 Å². The average Bonchev–Trinajstić information content (AvgIpc) is 2.69. The molecular formula is C11H21N3O2. The molecule has 0 radical (unpaired) electrons. The number of aryl methyl sites for hydroxylation is 1. The molecule has 0 amide bonds. The van der Waals surface area contributed by atoms with Gasteiger partial charge in [-0.2, -0.15) is 0 Å². The van der Waals surface area contributed by atoms with Crippen LogP contribution in [0.3, 0.4) is 0 Å². The van der Waals surface area contributed by atoms with Gasteiger partial charge in [0.05, 0.1) is 19.3 Å². The highest BCUT2D eigenvalue weighted by Gasteiger charge is 2.08. The number of aliphatic hydroxyl groups is 1. The van der Waals surface area contributed by atoms with Gasteiger partial charge in [-0.05, 0) is 19.9 Å². The molecule has 1 unspecified atom stereocenters. The lowest BCUT2D eigenvalue weighted by molar-refractivity contribution is 0.0904. The topological polar surface area (TPSA) is 59.3 Å². The third-order valence-electron chi connectivity index (χ3n) is 2.40. The molecule has 0 spiro atoms. The minimum absolute atomic E-state index is 0.0943. The maximum Gasteiger partial charge on any atom is 0.125 e. The molecule has 16 heavy (non-hydrogen) atoms. The van der Waals surface area contributed by atoms with Gasteiger partial charge in [-0.25, -0.2) is 4.98 Å². The van der Waals surface area contributed by atoms with E-state index < -0.39 is 0 Å². The van der Waals surface area contributed by atoms with Gasteiger partial charge < -0.3 is 19.7 Å². The van der Waals surface area contributed by atoms with E-state index in [9.17, 15) is 0 Å². The van der Waals surface area contributed by atoms with Crippen LogP contribution in [0.25, 0.3) is 0 Å². The van der Waals surface area contributed by atoms with Crippen molar-refractivity contribution >= 4 is 0 Å². The molecule has 92 valence electrons. The van der Waals surface area contributed by atoms with Gasteiger partial charge in [0.2, 0.25) is 0 Å². The smallest absolute Gasteiger partial charge is 0.125 e. The molecule has 0 saturated heterocycles. The van der Waals surface area contributed by atoms with Crippen molar-refractivity contribution in [2.75, 3.05) is 26.4 Å². The summed E-state index contributed by atoms with van der Waals surface area (Å²) in [6.45, 7) is 4.18. The van der Waals surface area contributed by atoms with Crippen molar-refractivity contribution in [3.63, 3.8) is 0 Å². The maximum atomic E-state index is 8.51. The molecular weight excluding hydrogens is 206 g/mol. The Balaban J connectivity index is 2.11. The van der Waals surface area contributed by atoms with Gasteiger partial charge in [0.15, 0.2) is 0 Å². The predicted molar refractivity (Wildman–Crippen MR) is 62.1 cm³/mol. The zero-order chi connectivity index (χ0) is 11.8. The number of imidazole rings is 1. The first-order chi connectivity index (χ1) is 7.75. The van der Waals surface area contributed by atoms with Crippen molar-refractivity contribution in [2.45, 2.75) is 19.4 Å². The fraction of sp³-hybridized carbons (Fsp3) is 0.727. The lowest BCUT2D eigenvalue weighted by Crippen LogP contribution is -2.23. The first kappa shape index (κ1) is 13.2. The molecule has 0 bridgehead atoms. The normalized spacial score (nSPS) is 12.9. The van der Waals surface area contributed by atoms with Crippen molar-refractivity contribution in [1.82, 2.24) is 14.9 Å². The molecule has 0 saturated carbocycles. The minimum atomic E-state index is 0.0943. The van der Waals surface area contributed by atoms with Crippen molar-refractivity contribution in [3.05, 3.63) is 18.2 Å². The van der Waals surface area contributed by atoms with Crippen LogP contribution in [0.1, 0.15) is 25.2 Å². The van der Waals surface area contributed by atoms with Crippen molar-refractivity contribution in [3.8, 4) is 0 Å². The van der Waals surface area contributed by atoms with E-state index in [-0.39, 0.29) is 12.6 Å². The number of aliphatic hydroxyl groups excluding tert-OH is 1. The highest BCUT2D eigenvalue weighted by atomic mass is 16.5. The number of hydrogen-bond acceptors (Lipinski definition) is 4. The van der Waals surface area contributed by atoms with Gasteiger partial charge in [0.25, 0.3) is 0 Å². The fourth-order valence-electron chi connectivity index (χ4n) is 1.55. The quantitative estimate of drug-likeness (QED) is 0.634. The molecule has 1 aromatic rings. The largest absolute Gasteiger partial charge is 0.394 e. The zero-order valence-electron chi connectivity index (χ0n) is 10.0. The van der Waals surface area contributed by atoms with Crippen LogP contribution >= 0.6 is 0 Å². The molecule has 2 N–H and O–H groups in total. The Hall–Kier alpha value is -0.910. The summed E-state index contributed by atoms with van der Waals surface area (Å²) in [6.07, 6.45) is 4.69. The van der Waals surface area contributed by atoms with Crippen LogP contribution in [0.5, 0.6) is 0 Å². The Bertz CT molecular complexity index is 289. The summed E-state index contributed by atoms with van der Waals surface area (Å²) < 4.78 is 7.18. The standard InChI is InChI=1S/C11H21N3O2/c1-10(11-13-5-6-14(11)2)12-4-3-8-16-9-7-15/h5-6,10,12,15H,3-4,7-9H2,1-2H3. The van der Waals surface area contributed by atoms with E-state index in [1.165, 1.54) is 0 Å². The van der Waals surface area contributed by atoms with Crippen LogP contribution in [-0.4, -0.2) is 41.0 Å². The summed E-state index contributed by atoms with van der Waals surface area (Å²) in [7, 11) is 1.99. The van der Waals surface area contributed by atoms with Crippen LogP contribution in [0.4, 0.5) is 0 Å². The predicted octanol–water partition coefficient (Wildman–Crippen LogP) is 0.470. The summed E-state index contributed by atoms with van der Waals surface area (Å²) in [4.78, 5) is 4.28. The molecule has 1 aromatic heterocycles. The second-order valence-electron chi connectivity index (χ2n) is 3.76. The van der Waals surface area contributed by atoms with Gasteiger partial charge in [-0.3, -0.25) is 0 Å². The third kappa shape index (κ3) is 4.30. The number of nitrogens with one attached hydrogen (secondary N) is 1. The second-order valence-corrected chi connectivity index (χ2v) is 3.76. The first-order valence-electron chi connectivity index (χ1n) is 5.65. The van der Waals surface area contributed by atoms with E-state index >= 15 is 0 Å². The molecule has 5 nitrogen and oxygen atoms in total. The summed E-state index contributed by atoms with van der Waals surface area (Å²) in [5.74, 6) is 1.04. The molecule has 1 heterocycles. The van der Waals surface area contributed by atoms with Crippen molar-refractivity contribution < 1.29 is 9.84 Å². The van der Waals surface area contributed by atoms with E-state index in [4.69, 9.17) is 9.84 Å². The molecule has 0 aliphatic carbocycles. The van der Waals surface area contributed by atoms with Gasteiger partial charge in [0.1, 0.15) is 5.82 Å². The average molecular weight is 227 g/mol. The van der Waals surface area contributed by atoms with Gasteiger partial charge in [-0.15, -0.1) is 0 Å². The Labute approximate surface area is 96.4 Å². The molecule has 0 aromatic carbocycles. The zero-order valence-corrected chi connectivity index (χ0v) is 10.0. The van der Waals surface area contributed by atoms with E-state index in [2.05, 4.69) is 17.2 Å². The van der Waals surface area contributed by atoms with Crippen molar-refractivity contribution in [2.24, 2.45) is 7.05 Å². The molecule has 0 aliphatic heterocycles. The summed E-state index contributed by atoms with van der Waals surface area (Å²) in [6, 6.07) is 0.248. The van der Waals surface area contributed by atoms with Crippen LogP contribution in [0, 0.1) is 0 Å². The second kappa shape index (κ2) is 7.38. The number of rotatable bonds is 8. The van der Waals surface area contributed by atoms with Gasteiger partial charge in [-0.1, -0.05) is 0 Å². The molecule has 0 aliphatic rings. The Kier molecular flexibility index (Phi) is 6.07. The van der Waals surface area contributed by atoms with Crippen LogP contribution in [-0.2, 0) is 11.8 Å². The summed E-state index contributed by atoms with van der Waals surface area (Å²) >= 11 is 0. The van der Waals surface area contributed by atoms with Gasteiger partial charge in [0, 0.05) is 26.0 Å². The molecule has 1 atom stereocenters. The van der Waals surface area contributed by atoms with Crippen molar-refractivity contribution in [1.29, 1.82) is 0 Å². The molecule has 0 fully saturated rings. The highest BCUT2D eigenvalue weighted by molar-refractivity contribution is 4.96. The maximum absolute atomic E-state index is 8.51. The Morgan fingerprint density at radius 2 is 2.38 bits per heavy atom. The molecule has 1 rings (SSSR count). The number of hydrogen-bond donors (Lipinski definition) is 2. The van der Waals surface area contributed by atoms with Crippen LogP contribution in [0.2, 0.25) is 0 Å². The first-order valence-corrected chi connectivity index (χ1v) is 5.65. The van der Waals surface area contributed by atoms with E-state index in [0.29, 0.717) is 13.2 Å². The van der Waals surface area contributed by atoms with E-state index in [1.807, 2.05) is 17.8 Å². The number of aromatic nitrogens is 2. The summed E-state index contributed by atoms with van der Waals surface area (Å²) in [5, 5.41) is 11.9. The number of nitrogens with zero attached hydrogens (tertiary/aromatic N) is 2.